The summed E-state index contributed by atoms with van der Waals surface area (Å²) in [6.07, 6.45) is 1.53. The van der Waals surface area contributed by atoms with Crippen molar-refractivity contribution in [3.05, 3.63) is 33.1 Å². The lowest BCUT2D eigenvalue weighted by Crippen LogP contribution is -2.26. The topological polar surface area (TPSA) is 111 Å². The van der Waals surface area contributed by atoms with Crippen LogP contribution in [0.5, 0.6) is 5.75 Å². The summed E-state index contributed by atoms with van der Waals surface area (Å²) in [7, 11) is 1.14. The second kappa shape index (κ2) is 4.69. The third-order valence-corrected chi connectivity index (χ3v) is 3.79. The lowest BCUT2D eigenvalue weighted by molar-refractivity contribution is 0.0998. The number of H-pyrrole nitrogens is 1. The molecule has 0 saturated heterocycles. The highest BCUT2D eigenvalue weighted by molar-refractivity contribution is 6.02. The number of nitrogens with two attached hydrogens (primary N) is 2. The number of amides is 1. The molecular formula is C14H13F2N3O3. The van der Waals surface area contributed by atoms with E-state index in [2.05, 4.69) is 4.98 Å². The Labute approximate surface area is 123 Å². The van der Waals surface area contributed by atoms with E-state index in [4.69, 9.17) is 16.2 Å². The normalized spacial score (nSPS) is 14.3. The van der Waals surface area contributed by atoms with Gasteiger partial charge < -0.3 is 21.2 Å². The van der Waals surface area contributed by atoms with E-state index in [0.29, 0.717) is 5.69 Å². The Morgan fingerprint density at radius 3 is 2.45 bits per heavy atom. The Balaban J connectivity index is 2.55. The van der Waals surface area contributed by atoms with Gasteiger partial charge in [0.15, 0.2) is 11.6 Å². The van der Waals surface area contributed by atoms with Crippen LogP contribution >= 0.6 is 0 Å². The first-order valence-electron chi connectivity index (χ1n) is 6.58. The quantitative estimate of drug-likeness (QED) is 0.743. The van der Waals surface area contributed by atoms with Crippen molar-refractivity contribution in [2.45, 2.75) is 18.8 Å². The van der Waals surface area contributed by atoms with E-state index in [1.807, 2.05) is 0 Å². The van der Waals surface area contributed by atoms with Gasteiger partial charge >= 0.3 is 0 Å². The van der Waals surface area contributed by atoms with Crippen LogP contribution in [0.15, 0.2) is 4.79 Å². The summed E-state index contributed by atoms with van der Waals surface area (Å²) in [6.45, 7) is 0. The summed E-state index contributed by atoms with van der Waals surface area (Å²) in [5.74, 6) is -4.13. The summed E-state index contributed by atoms with van der Waals surface area (Å²) in [5, 5.41) is -0.339. The molecule has 1 aromatic carbocycles. The Bertz CT molecular complexity index is 872. The van der Waals surface area contributed by atoms with Gasteiger partial charge in [0.1, 0.15) is 5.56 Å². The smallest absolute Gasteiger partial charge is 0.254 e. The number of aromatic nitrogens is 1. The van der Waals surface area contributed by atoms with Crippen molar-refractivity contribution >= 4 is 22.5 Å². The second-order valence-electron chi connectivity index (χ2n) is 5.21. The number of fused-ring (bicyclic) bond motifs is 1. The number of halogens is 2. The van der Waals surface area contributed by atoms with Gasteiger partial charge in [-0.1, -0.05) is 0 Å². The van der Waals surface area contributed by atoms with Gasteiger partial charge in [0, 0.05) is 5.69 Å². The minimum atomic E-state index is -1.40. The number of aromatic amines is 1. The Hall–Kier alpha value is -2.64. The lowest BCUT2D eigenvalue weighted by Gasteiger charge is -2.14. The fourth-order valence-electron chi connectivity index (χ4n) is 2.60. The summed E-state index contributed by atoms with van der Waals surface area (Å²) in [6, 6.07) is 0. The highest BCUT2D eigenvalue weighted by atomic mass is 19.2. The molecule has 0 unspecified atom stereocenters. The van der Waals surface area contributed by atoms with E-state index in [1.165, 1.54) is 0 Å². The van der Waals surface area contributed by atoms with Crippen LogP contribution in [0.3, 0.4) is 0 Å². The van der Waals surface area contributed by atoms with Crippen molar-refractivity contribution in [3.63, 3.8) is 0 Å². The predicted molar refractivity (Wildman–Crippen MR) is 75.9 cm³/mol. The van der Waals surface area contributed by atoms with E-state index in [9.17, 15) is 18.4 Å². The Morgan fingerprint density at radius 1 is 1.32 bits per heavy atom. The number of carbonyl (C=O) groups is 1. The maximum atomic E-state index is 13.9. The number of nitrogen functional groups attached to an aromatic ring is 1. The minimum Gasteiger partial charge on any atom is -0.491 e. The minimum absolute atomic E-state index is 0.0429. The van der Waals surface area contributed by atoms with Crippen molar-refractivity contribution in [1.82, 2.24) is 4.98 Å². The Kier molecular flexibility index (Phi) is 3.05. The molecule has 0 radical (unpaired) electrons. The van der Waals surface area contributed by atoms with E-state index in [0.717, 1.165) is 20.0 Å². The zero-order valence-corrected chi connectivity index (χ0v) is 11.6. The second-order valence-corrected chi connectivity index (χ2v) is 5.21. The molecule has 1 saturated carbocycles. The molecule has 3 rings (SSSR count). The summed E-state index contributed by atoms with van der Waals surface area (Å²) >= 11 is 0. The number of ether oxygens (including phenoxy) is 1. The van der Waals surface area contributed by atoms with Crippen molar-refractivity contribution in [3.8, 4) is 5.75 Å². The molecule has 6 nitrogen and oxygen atoms in total. The van der Waals surface area contributed by atoms with Crippen molar-refractivity contribution in [2.24, 2.45) is 5.73 Å². The van der Waals surface area contributed by atoms with E-state index >= 15 is 0 Å². The predicted octanol–water partition coefficient (Wildman–Crippen LogP) is 1.37. The Morgan fingerprint density at radius 2 is 1.95 bits per heavy atom. The van der Waals surface area contributed by atoms with Gasteiger partial charge in [0.05, 0.1) is 23.7 Å². The van der Waals surface area contributed by atoms with Crippen molar-refractivity contribution in [1.29, 1.82) is 0 Å². The molecule has 116 valence electrons. The summed E-state index contributed by atoms with van der Waals surface area (Å²) in [4.78, 5) is 26.9. The van der Waals surface area contributed by atoms with Crippen LogP contribution in [0.2, 0.25) is 0 Å². The zero-order chi connectivity index (χ0) is 16.2. The molecule has 1 fully saturated rings. The SMILES string of the molecule is COc1c(F)c(F)c(N)c2c(=O)c(C(N)=O)c(C3CC3)[nH]c12. The average molecular weight is 309 g/mol. The maximum absolute atomic E-state index is 13.9. The molecule has 0 aliphatic heterocycles. The lowest BCUT2D eigenvalue weighted by atomic mass is 10.0. The van der Waals surface area contributed by atoms with Gasteiger partial charge in [0.2, 0.25) is 11.2 Å². The van der Waals surface area contributed by atoms with Gasteiger partial charge in [-0.15, -0.1) is 0 Å². The van der Waals surface area contributed by atoms with Crippen LogP contribution in [-0.2, 0) is 0 Å². The average Bonchev–Trinajstić information content (AvgIpc) is 3.28. The van der Waals surface area contributed by atoms with Gasteiger partial charge in [-0.2, -0.15) is 4.39 Å². The first kappa shape index (κ1) is 14.3. The van der Waals surface area contributed by atoms with Crippen LogP contribution in [0.4, 0.5) is 14.5 Å². The highest BCUT2D eigenvalue weighted by Crippen LogP contribution is 2.42. The third-order valence-electron chi connectivity index (χ3n) is 3.79. The number of methoxy groups -OCH3 is 1. The van der Waals surface area contributed by atoms with Crippen LogP contribution in [0.1, 0.15) is 34.8 Å². The molecule has 1 heterocycles. The zero-order valence-electron chi connectivity index (χ0n) is 11.6. The molecule has 0 atom stereocenters. The number of hydrogen-bond acceptors (Lipinski definition) is 4. The summed E-state index contributed by atoms with van der Waals surface area (Å²) < 4.78 is 32.6. The van der Waals surface area contributed by atoms with Gasteiger partial charge in [-0.3, -0.25) is 9.59 Å². The molecule has 5 N–H and O–H groups in total. The van der Waals surface area contributed by atoms with E-state index < -0.39 is 34.4 Å². The molecule has 1 aliphatic rings. The number of anilines is 1. The molecule has 1 aromatic heterocycles. The fourth-order valence-corrected chi connectivity index (χ4v) is 2.60. The van der Waals surface area contributed by atoms with E-state index in [1.54, 1.807) is 0 Å². The highest BCUT2D eigenvalue weighted by Gasteiger charge is 2.33. The standard InChI is InChI=1S/C14H13F2N3O3/c1-22-13-8(16)7(15)9(17)5-11(13)19-10(4-2-3-4)6(12(5)20)14(18)21/h4H,2-3,17H2,1H3,(H2,18,21)(H,19,20). The molecule has 1 amide bonds. The van der Waals surface area contributed by atoms with Gasteiger partial charge in [-0.05, 0) is 18.8 Å². The number of pyridine rings is 1. The van der Waals surface area contributed by atoms with Crippen molar-refractivity contribution in [2.75, 3.05) is 12.8 Å². The molecule has 1 aliphatic carbocycles. The molecule has 8 heteroatoms. The number of primary amides is 1. The van der Waals surface area contributed by atoms with Crippen molar-refractivity contribution < 1.29 is 18.3 Å². The van der Waals surface area contributed by atoms with Crippen LogP contribution in [-0.4, -0.2) is 18.0 Å². The number of benzene rings is 1. The van der Waals surface area contributed by atoms with Crippen LogP contribution in [0.25, 0.3) is 10.9 Å². The maximum Gasteiger partial charge on any atom is 0.254 e. The number of hydrogen-bond donors (Lipinski definition) is 3. The van der Waals surface area contributed by atoms with Crippen LogP contribution < -0.4 is 21.6 Å². The number of nitrogens with one attached hydrogen (secondary N) is 1. The molecule has 0 bridgehead atoms. The third kappa shape index (κ3) is 1.83. The fraction of sp³-hybridized carbons (Fsp3) is 0.286. The molecule has 22 heavy (non-hydrogen) atoms. The van der Waals surface area contributed by atoms with Gasteiger partial charge in [0.25, 0.3) is 5.91 Å². The van der Waals surface area contributed by atoms with Gasteiger partial charge in [-0.25, -0.2) is 4.39 Å². The molecule has 2 aromatic rings. The summed E-state index contributed by atoms with van der Waals surface area (Å²) in [5.41, 5.74) is 9.24. The first-order chi connectivity index (χ1) is 10.4. The van der Waals surface area contributed by atoms with Crippen LogP contribution in [0, 0.1) is 11.6 Å². The monoisotopic (exact) mass is 309 g/mol. The molecular weight excluding hydrogens is 296 g/mol. The van der Waals surface area contributed by atoms with E-state index in [-0.39, 0.29) is 22.4 Å². The largest absolute Gasteiger partial charge is 0.491 e. The first-order valence-corrected chi connectivity index (χ1v) is 6.58. The number of rotatable bonds is 3. The number of carbonyl (C=O) groups excluding carboxylic acids is 1. The molecule has 0 spiro atoms.